The van der Waals surface area contributed by atoms with E-state index < -0.39 is 34.3 Å². The lowest BCUT2D eigenvalue weighted by Gasteiger charge is -2.32. The second-order valence-corrected chi connectivity index (χ2v) is 5.52. The Hall–Kier alpha value is -1.40. The fraction of sp³-hybridized carbons (Fsp3) is 0.500. The summed E-state index contributed by atoms with van der Waals surface area (Å²) >= 11 is 0. The maximum Gasteiger partial charge on any atom is 0.169 e. The lowest BCUT2D eigenvalue weighted by Crippen LogP contribution is -2.38. The number of fused-ring (bicyclic) bond motifs is 1. The van der Waals surface area contributed by atoms with E-state index >= 15 is 0 Å². The van der Waals surface area contributed by atoms with Gasteiger partial charge in [0.05, 0.1) is 17.6 Å². The van der Waals surface area contributed by atoms with Crippen molar-refractivity contribution in [1.82, 2.24) is 5.32 Å². The largest absolute Gasteiger partial charge is 0.380 e. The van der Waals surface area contributed by atoms with E-state index in [1.165, 1.54) is 6.07 Å². The molecule has 1 aromatic rings. The number of hydrogen-bond acceptors (Lipinski definition) is 2. The zero-order chi connectivity index (χ0) is 16.5. The van der Waals surface area contributed by atoms with E-state index in [1.807, 2.05) is 0 Å². The van der Waals surface area contributed by atoms with Gasteiger partial charge in [0.25, 0.3) is 0 Å². The smallest absolute Gasteiger partial charge is 0.169 e. The molecule has 1 aromatic carbocycles. The Morgan fingerprint density at radius 3 is 2.50 bits per heavy atom. The van der Waals surface area contributed by atoms with Gasteiger partial charge in [-0.3, -0.25) is 0 Å². The molecule has 0 aromatic heterocycles. The van der Waals surface area contributed by atoms with E-state index in [1.54, 1.807) is 20.9 Å². The molecule has 0 heterocycles. The molecule has 0 saturated heterocycles. The van der Waals surface area contributed by atoms with Gasteiger partial charge < -0.3 is 10.1 Å². The minimum absolute atomic E-state index is 0.0944. The number of hydrogen-bond donors (Lipinski definition) is 1. The van der Waals surface area contributed by atoms with E-state index in [9.17, 15) is 17.6 Å². The molecule has 6 heteroatoms. The summed E-state index contributed by atoms with van der Waals surface area (Å²) in [6, 6.07) is 1.96. The first-order valence-electron chi connectivity index (χ1n) is 7.18. The molecule has 1 aliphatic carbocycles. The molecule has 1 aliphatic rings. The number of benzene rings is 1. The highest BCUT2D eigenvalue weighted by Crippen LogP contribution is 2.51. The number of nitrogens with one attached hydrogen (secondary N) is 1. The third-order valence-corrected chi connectivity index (χ3v) is 4.14. The van der Waals surface area contributed by atoms with E-state index in [4.69, 9.17) is 4.74 Å². The Kier molecular flexibility index (Phi) is 4.92. The SMILES string of the molecule is CCOCC1(CC(C)NC)C(F)=C(F)c2c1ccc(F)c2F. The molecule has 0 spiro atoms. The normalized spacial score (nSPS) is 22.1. The third-order valence-electron chi connectivity index (χ3n) is 4.14. The van der Waals surface area contributed by atoms with Crippen LogP contribution in [0.2, 0.25) is 0 Å². The average Bonchev–Trinajstić information content (AvgIpc) is 2.71. The van der Waals surface area contributed by atoms with Crippen LogP contribution in [0.15, 0.2) is 18.0 Å². The van der Waals surface area contributed by atoms with Crippen molar-refractivity contribution in [3.63, 3.8) is 0 Å². The summed E-state index contributed by atoms with van der Waals surface area (Å²) in [6.45, 7) is 3.71. The maximum absolute atomic E-state index is 14.7. The van der Waals surface area contributed by atoms with Crippen LogP contribution in [-0.2, 0) is 10.2 Å². The Morgan fingerprint density at radius 1 is 1.23 bits per heavy atom. The van der Waals surface area contributed by atoms with Crippen molar-refractivity contribution in [3.8, 4) is 0 Å². The molecule has 2 rings (SSSR count). The molecule has 0 bridgehead atoms. The van der Waals surface area contributed by atoms with Gasteiger partial charge in [0.15, 0.2) is 17.5 Å². The standard InChI is InChI=1S/C16H19F4NO/c1-4-22-8-16(7-9(2)21-3)10-5-6-11(17)13(18)12(10)14(19)15(16)20/h5-6,9,21H,4,7-8H2,1-3H3. The zero-order valence-corrected chi connectivity index (χ0v) is 12.8. The Balaban J connectivity index is 2.62. The molecular formula is C16H19F4NO. The number of rotatable bonds is 6. The van der Waals surface area contributed by atoms with E-state index in [-0.39, 0.29) is 24.6 Å². The molecule has 22 heavy (non-hydrogen) atoms. The van der Waals surface area contributed by atoms with Crippen LogP contribution in [0.1, 0.15) is 31.4 Å². The van der Waals surface area contributed by atoms with E-state index in [0.29, 0.717) is 6.61 Å². The van der Waals surface area contributed by atoms with E-state index in [2.05, 4.69) is 5.32 Å². The van der Waals surface area contributed by atoms with Crippen LogP contribution in [0.25, 0.3) is 5.83 Å². The van der Waals surface area contributed by atoms with Crippen LogP contribution in [0, 0.1) is 11.6 Å². The highest BCUT2D eigenvalue weighted by molar-refractivity contribution is 5.75. The first-order chi connectivity index (χ1) is 10.4. The summed E-state index contributed by atoms with van der Waals surface area (Å²) < 4.78 is 61.6. The van der Waals surface area contributed by atoms with E-state index in [0.717, 1.165) is 6.07 Å². The molecule has 0 radical (unpaired) electrons. The molecule has 2 atom stereocenters. The highest BCUT2D eigenvalue weighted by atomic mass is 19.2. The predicted molar refractivity (Wildman–Crippen MR) is 76.8 cm³/mol. The van der Waals surface area contributed by atoms with Gasteiger partial charge in [-0.2, -0.15) is 0 Å². The van der Waals surface area contributed by atoms with Crippen LogP contribution >= 0.6 is 0 Å². The van der Waals surface area contributed by atoms with Crippen LogP contribution in [-0.4, -0.2) is 26.3 Å². The van der Waals surface area contributed by atoms with Gasteiger partial charge in [0, 0.05) is 12.6 Å². The van der Waals surface area contributed by atoms with Gasteiger partial charge in [-0.1, -0.05) is 6.07 Å². The molecule has 2 nitrogen and oxygen atoms in total. The summed E-state index contributed by atoms with van der Waals surface area (Å²) in [5.41, 5.74) is -1.97. The van der Waals surface area contributed by atoms with Gasteiger partial charge in [-0.05, 0) is 38.9 Å². The van der Waals surface area contributed by atoms with Crippen molar-refractivity contribution in [2.45, 2.75) is 31.7 Å². The molecule has 2 unspecified atom stereocenters. The molecule has 0 saturated carbocycles. The topological polar surface area (TPSA) is 21.3 Å². The second-order valence-electron chi connectivity index (χ2n) is 5.52. The Morgan fingerprint density at radius 2 is 1.91 bits per heavy atom. The molecule has 0 aliphatic heterocycles. The number of ether oxygens (including phenoxy) is 1. The lowest BCUT2D eigenvalue weighted by molar-refractivity contribution is 0.0896. The fourth-order valence-corrected chi connectivity index (χ4v) is 2.90. The van der Waals surface area contributed by atoms with Gasteiger partial charge in [0.2, 0.25) is 0 Å². The van der Waals surface area contributed by atoms with Crippen LogP contribution < -0.4 is 5.32 Å². The summed E-state index contributed by atoms with van der Waals surface area (Å²) in [4.78, 5) is 0. The van der Waals surface area contributed by atoms with Crippen molar-refractivity contribution in [2.24, 2.45) is 0 Å². The van der Waals surface area contributed by atoms with Crippen LogP contribution in [0.4, 0.5) is 17.6 Å². The van der Waals surface area contributed by atoms with Crippen molar-refractivity contribution >= 4 is 5.83 Å². The van der Waals surface area contributed by atoms with Crippen molar-refractivity contribution in [3.05, 3.63) is 40.7 Å². The minimum atomic E-state index is -1.44. The molecule has 122 valence electrons. The average molecular weight is 317 g/mol. The summed E-state index contributed by atoms with van der Waals surface area (Å²) in [5, 5.41) is 2.95. The molecule has 0 fully saturated rings. The van der Waals surface area contributed by atoms with Gasteiger partial charge in [-0.15, -0.1) is 0 Å². The van der Waals surface area contributed by atoms with Crippen LogP contribution in [0.3, 0.4) is 0 Å². The Bertz CT molecular complexity index is 602. The van der Waals surface area contributed by atoms with Gasteiger partial charge >= 0.3 is 0 Å². The summed E-state index contributed by atoms with van der Waals surface area (Å²) in [5.74, 6) is -4.99. The van der Waals surface area contributed by atoms with Crippen molar-refractivity contribution < 1.29 is 22.3 Å². The zero-order valence-electron chi connectivity index (χ0n) is 12.8. The second kappa shape index (κ2) is 6.38. The quantitative estimate of drug-likeness (QED) is 0.805. The predicted octanol–water partition coefficient (Wildman–Crippen LogP) is 3.86. The lowest BCUT2D eigenvalue weighted by atomic mass is 9.77. The highest BCUT2D eigenvalue weighted by Gasteiger charge is 2.49. The van der Waals surface area contributed by atoms with Gasteiger partial charge in [0.1, 0.15) is 5.83 Å². The first kappa shape index (κ1) is 17.0. The van der Waals surface area contributed by atoms with Crippen LogP contribution in [0.5, 0.6) is 0 Å². The molecule has 0 amide bonds. The maximum atomic E-state index is 14.7. The van der Waals surface area contributed by atoms with Gasteiger partial charge in [-0.25, -0.2) is 17.6 Å². The minimum Gasteiger partial charge on any atom is -0.380 e. The fourth-order valence-electron chi connectivity index (χ4n) is 2.90. The van der Waals surface area contributed by atoms with Crippen molar-refractivity contribution in [1.29, 1.82) is 0 Å². The van der Waals surface area contributed by atoms with Crippen molar-refractivity contribution in [2.75, 3.05) is 20.3 Å². The third kappa shape index (κ3) is 2.54. The molecular weight excluding hydrogens is 298 g/mol. The first-order valence-corrected chi connectivity index (χ1v) is 7.18. The molecule has 1 N–H and O–H groups in total. The monoisotopic (exact) mass is 317 g/mol. The summed E-state index contributed by atoms with van der Waals surface area (Å²) in [7, 11) is 1.69. The summed E-state index contributed by atoms with van der Waals surface area (Å²) in [6.07, 6.45) is 0.167. The Labute approximate surface area is 127 Å². The number of halogens is 4.